The normalized spacial score (nSPS) is 16.9. The van der Waals surface area contributed by atoms with Crippen LogP contribution in [0.4, 0.5) is 22.0 Å². The van der Waals surface area contributed by atoms with E-state index in [-0.39, 0.29) is 36.9 Å². The summed E-state index contributed by atoms with van der Waals surface area (Å²) >= 11 is 14.7. The Kier molecular flexibility index (Phi) is 7.93. The van der Waals surface area contributed by atoms with Gasteiger partial charge in [-0.2, -0.15) is 13.2 Å². The first kappa shape index (κ1) is 28.8. The second-order valence-corrected chi connectivity index (χ2v) is 10.3. The van der Waals surface area contributed by atoms with Gasteiger partial charge < -0.3 is 4.84 Å². The lowest BCUT2D eigenvalue weighted by Gasteiger charge is -2.29. The van der Waals surface area contributed by atoms with Gasteiger partial charge in [0.15, 0.2) is 0 Å². The summed E-state index contributed by atoms with van der Waals surface area (Å²) in [5.74, 6) is -4.37. The van der Waals surface area contributed by atoms with E-state index in [2.05, 4.69) is 21.1 Å². The van der Waals surface area contributed by atoms with Crippen molar-refractivity contribution in [3.8, 4) is 0 Å². The van der Waals surface area contributed by atoms with Crippen LogP contribution in [0.25, 0.3) is 0 Å². The molecule has 14 heteroatoms. The number of alkyl halides is 3. The Labute approximate surface area is 236 Å². The fraction of sp³-hybridized carbons (Fsp3) is 0.160. The highest BCUT2D eigenvalue weighted by Gasteiger charge is 2.62. The van der Waals surface area contributed by atoms with Gasteiger partial charge in [-0.1, -0.05) is 50.4 Å². The summed E-state index contributed by atoms with van der Waals surface area (Å²) in [6, 6.07) is 9.28. The summed E-state index contributed by atoms with van der Waals surface area (Å²) in [7, 11) is 0. The van der Waals surface area contributed by atoms with Crippen molar-refractivity contribution in [2.24, 2.45) is 5.16 Å². The number of carbonyl (C=O) groups excluding carboxylic acids is 2. The van der Waals surface area contributed by atoms with Crippen molar-refractivity contribution < 1.29 is 36.4 Å². The molecule has 39 heavy (non-hydrogen) atoms. The molecule has 0 aliphatic carbocycles. The van der Waals surface area contributed by atoms with Crippen molar-refractivity contribution in [2.45, 2.75) is 25.1 Å². The van der Waals surface area contributed by atoms with Gasteiger partial charge in [-0.3, -0.25) is 20.4 Å². The SMILES string of the molecule is Cc1cc(C2=NOC(c3cc(Cl)cc(Cl)c3)(C(F)(F)F)C2)ccc1C(=O)NNC(=O)c1c(F)cc(Br)cc1F. The van der Waals surface area contributed by atoms with Crippen molar-refractivity contribution in [1.29, 1.82) is 0 Å². The molecular weight excluding hydrogens is 636 g/mol. The monoisotopic (exact) mass is 649 g/mol. The Morgan fingerprint density at radius 1 is 0.974 bits per heavy atom. The van der Waals surface area contributed by atoms with E-state index in [1.807, 2.05) is 10.9 Å². The van der Waals surface area contributed by atoms with Crippen molar-refractivity contribution in [3.63, 3.8) is 0 Å². The van der Waals surface area contributed by atoms with Gasteiger partial charge in [0, 0.05) is 32.1 Å². The summed E-state index contributed by atoms with van der Waals surface area (Å²) in [6.45, 7) is 1.50. The molecule has 2 amide bonds. The van der Waals surface area contributed by atoms with Crippen LogP contribution in [0, 0.1) is 18.6 Å². The Morgan fingerprint density at radius 3 is 2.13 bits per heavy atom. The molecule has 3 aromatic carbocycles. The molecule has 1 unspecified atom stereocenters. The number of nitrogens with zero attached hydrogens (tertiary/aromatic N) is 1. The van der Waals surface area contributed by atoms with Crippen molar-refractivity contribution in [3.05, 3.63) is 103 Å². The number of nitrogens with one attached hydrogen (secondary N) is 2. The molecule has 4 rings (SSSR count). The number of oxime groups is 1. The van der Waals surface area contributed by atoms with Crippen LogP contribution in [0.5, 0.6) is 0 Å². The maximum atomic E-state index is 14.2. The lowest BCUT2D eigenvalue weighted by Crippen LogP contribution is -2.43. The molecule has 3 aromatic rings. The van der Waals surface area contributed by atoms with Gasteiger partial charge in [0.25, 0.3) is 17.4 Å². The zero-order chi connectivity index (χ0) is 28.7. The summed E-state index contributed by atoms with van der Waals surface area (Å²) in [5.41, 5.74) is 0.439. The largest absolute Gasteiger partial charge is 0.435 e. The summed E-state index contributed by atoms with van der Waals surface area (Å²) in [5, 5.41) is 3.65. The predicted molar refractivity (Wildman–Crippen MR) is 137 cm³/mol. The Balaban J connectivity index is 1.52. The maximum Gasteiger partial charge on any atom is 0.435 e. The van der Waals surface area contributed by atoms with E-state index in [0.717, 1.165) is 24.3 Å². The quantitative estimate of drug-likeness (QED) is 0.236. The summed E-state index contributed by atoms with van der Waals surface area (Å²) < 4.78 is 70.7. The van der Waals surface area contributed by atoms with Gasteiger partial charge in [-0.25, -0.2) is 8.78 Å². The number of hydrogen-bond acceptors (Lipinski definition) is 4. The van der Waals surface area contributed by atoms with Crippen LogP contribution in [0.3, 0.4) is 0 Å². The first-order chi connectivity index (χ1) is 18.2. The zero-order valence-corrected chi connectivity index (χ0v) is 22.6. The third kappa shape index (κ3) is 5.73. The molecule has 0 saturated heterocycles. The number of halogens is 8. The van der Waals surface area contributed by atoms with E-state index < -0.39 is 47.2 Å². The molecule has 0 aromatic heterocycles. The molecule has 1 aliphatic heterocycles. The minimum atomic E-state index is -4.88. The lowest BCUT2D eigenvalue weighted by molar-refractivity contribution is -0.275. The Hall–Kier alpha value is -3.22. The zero-order valence-electron chi connectivity index (χ0n) is 19.5. The third-order valence-corrected chi connectivity index (χ3v) is 6.74. The summed E-state index contributed by atoms with van der Waals surface area (Å²) in [6.07, 6.45) is -5.58. The molecule has 0 saturated carbocycles. The molecular formula is C25H15BrCl2F5N3O3. The van der Waals surface area contributed by atoms with Crippen molar-refractivity contribution >= 4 is 56.7 Å². The number of hydrogen-bond donors (Lipinski definition) is 2. The number of aryl methyl sites for hydroxylation is 1. The summed E-state index contributed by atoms with van der Waals surface area (Å²) in [4.78, 5) is 29.8. The first-order valence-electron chi connectivity index (χ1n) is 10.9. The van der Waals surface area contributed by atoms with Gasteiger partial charge in [0.05, 0.1) is 5.71 Å². The minimum absolute atomic E-state index is 0.0120. The highest BCUT2D eigenvalue weighted by atomic mass is 79.9. The molecule has 0 fully saturated rings. The second kappa shape index (κ2) is 10.7. The van der Waals surface area contributed by atoms with E-state index in [1.165, 1.54) is 31.2 Å². The number of rotatable bonds is 4. The van der Waals surface area contributed by atoms with E-state index in [1.54, 1.807) is 0 Å². The van der Waals surface area contributed by atoms with Gasteiger partial charge in [0.1, 0.15) is 17.2 Å². The van der Waals surface area contributed by atoms with E-state index in [9.17, 15) is 31.5 Å². The average molecular weight is 651 g/mol. The number of hydrazine groups is 1. The number of benzene rings is 3. The predicted octanol–water partition coefficient (Wildman–Crippen LogP) is 7.00. The Morgan fingerprint density at radius 2 is 1.56 bits per heavy atom. The van der Waals surface area contributed by atoms with Gasteiger partial charge in [-0.15, -0.1) is 0 Å². The maximum absolute atomic E-state index is 14.2. The highest BCUT2D eigenvalue weighted by molar-refractivity contribution is 9.10. The van der Waals surface area contributed by atoms with E-state index >= 15 is 0 Å². The third-order valence-electron chi connectivity index (χ3n) is 5.84. The minimum Gasteiger partial charge on any atom is -0.374 e. The highest BCUT2D eigenvalue weighted by Crippen LogP contribution is 2.49. The molecule has 0 bridgehead atoms. The molecule has 1 heterocycles. The fourth-order valence-corrected chi connectivity index (χ4v) is 4.87. The molecule has 0 spiro atoms. The van der Waals surface area contributed by atoms with E-state index in [0.29, 0.717) is 5.56 Å². The topological polar surface area (TPSA) is 79.8 Å². The number of carbonyl (C=O) groups is 2. The van der Waals surface area contributed by atoms with Crippen LogP contribution in [0.2, 0.25) is 10.0 Å². The smallest absolute Gasteiger partial charge is 0.374 e. The molecule has 204 valence electrons. The van der Waals surface area contributed by atoms with Gasteiger partial charge in [0.2, 0.25) is 0 Å². The van der Waals surface area contributed by atoms with Crippen LogP contribution in [0.15, 0.2) is 58.2 Å². The lowest BCUT2D eigenvalue weighted by atomic mass is 9.86. The van der Waals surface area contributed by atoms with Crippen LogP contribution in [-0.4, -0.2) is 23.7 Å². The van der Waals surface area contributed by atoms with Crippen LogP contribution >= 0.6 is 39.1 Å². The molecule has 6 nitrogen and oxygen atoms in total. The molecule has 1 atom stereocenters. The fourth-order valence-electron chi connectivity index (χ4n) is 3.95. The standard InChI is InChI=1S/C25H15BrCl2F5N3O3/c1-11-4-12(20-10-24(39-36-20,25(31,32)33)13-5-15(27)9-16(28)6-13)2-3-17(11)22(37)34-35-23(38)21-18(29)7-14(26)8-19(21)30/h2-9H,10H2,1H3,(H,34,37)(H,35,38). The second-order valence-electron chi connectivity index (χ2n) is 8.47. The van der Waals surface area contributed by atoms with Gasteiger partial charge >= 0.3 is 6.18 Å². The molecule has 2 N–H and O–H groups in total. The van der Waals surface area contributed by atoms with Crippen LogP contribution in [-0.2, 0) is 10.4 Å². The van der Waals surface area contributed by atoms with Crippen molar-refractivity contribution in [2.75, 3.05) is 0 Å². The average Bonchev–Trinajstić information content (AvgIpc) is 3.28. The van der Waals surface area contributed by atoms with Crippen LogP contribution < -0.4 is 10.9 Å². The molecule has 0 radical (unpaired) electrons. The van der Waals surface area contributed by atoms with Crippen LogP contribution in [0.1, 0.15) is 43.8 Å². The molecule has 1 aliphatic rings. The Bertz CT molecular complexity index is 1490. The van der Waals surface area contributed by atoms with Gasteiger partial charge in [-0.05, 0) is 60.5 Å². The number of amides is 2. The van der Waals surface area contributed by atoms with Crippen molar-refractivity contribution in [1.82, 2.24) is 10.9 Å². The first-order valence-corrected chi connectivity index (χ1v) is 12.4. The van der Waals surface area contributed by atoms with E-state index in [4.69, 9.17) is 28.0 Å².